The molecule has 5 nitrogen and oxygen atoms in total. The maximum Gasteiger partial charge on any atom is 0.412 e. The van der Waals surface area contributed by atoms with Crippen LogP contribution < -0.4 is 19.5 Å². The van der Waals surface area contributed by atoms with E-state index in [1.54, 1.807) is 26.0 Å². The molecule has 0 atom stereocenters. The third kappa shape index (κ3) is 2.24. The highest BCUT2D eigenvalue weighted by Crippen LogP contribution is 2.49. The summed E-state index contributed by atoms with van der Waals surface area (Å²) >= 11 is 5.98. The zero-order valence-electron chi connectivity index (χ0n) is 9.67. The predicted molar refractivity (Wildman–Crippen MR) is 61.9 cm³/mol. The van der Waals surface area contributed by atoms with E-state index in [9.17, 15) is 4.79 Å². The first kappa shape index (κ1) is 11.9. The van der Waals surface area contributed by atoms with Crippen LogP contribution in [0.4, 0.5) is 4.79 Å². The Bertz CT molecular complexity index is 473. The molecule has 0 radical (unpaired) electrons. The van der Waals surface area contributed by atoms with Crippen LogP contribution in [0.2, 0.25) is 5.02 Å². The number of carbonyl (C=O) groups excluding carboxylic acids is 1. The average Bonchev–Trinajstić information content (AvgIpc) is 2.59. The number of halogens is 1. The molecule has 1 N–H and O–H groups in total. The van der Waals surface area contributed by atoms with Gasteiger partial charge in [0, 0.05) is 20.9 Å². The Morgan fingerprint density at radius 1 is 1.35 bits per heavy atom. The van der Waals surface area contributed by atoms with Crippen LogP contribution in [0.15, 0.2) is 12.1 Å². The summed E-state index contributed by atoms with van der Waals surface area (Å²) in [6, 6.07) is 3.14. The molecule has 17 heavy (non-hydrogen) atoms. The van der Waals surface area contributed by atoms with E-state index in [-0.39, 0.29) is 5.75 Å². The second-order valence-electron chi connectivity index (χ2n) is 3.95. The van der Waals surface area contributed by atoms with Crippen LogP contribution in [0.25, 0.3) is 0 Å². The maximum atomic E-state index is 11.2. The van der Waals surface area contributed by atoms with Crippen molar-refractivity contribution in [2.24, 2.45) is 0 Å². The quantitative estimate of drug-likeness (QED) is 0.840. The zero-order chi connectivity index (χ0) is 12.6. The van der Waals surface area contributed by atoms with Crippen molar-refractivity contribution in [3.8, 4) is 17.2 Å². The fraction of sp³-hybridized carbons (Fsp3) is 0.364. The van der Waals surface area contributed by atoms with Crippen molar-refractivity contribution in [3.63, 3.8) is 0 Å². The Morgan fingerprint density at radius 3 is 2.65 bits per heavy atom. The van der Waals surface area contributed by atoms with E-state index in [1.807, 2.05) is 0 Å². The summed E-state index contributed by atoms with van der Waals surface area (Å²) in [6.07, 6.45) is -0.581. The summed E-state index contributed by atoms with van der Waals surface area (Å²) in [7, 11) is 1.47. The predicted octanol–water partition coefficient (Wildman–Crippen LogP) is 2.57. The lowest BCUT2D eigenvalue weighted by Crippen LogP contribution is -2.30. The third-order valence-corrected chi connectivity index (χ3v) is 2.43. The van der Waals surface area contributed by atoms with Gasteiger partial charge in [-0.25, -0.2) is 4.79 Å². The van der Waals surface area contributed by atoms with Gasteiger partial charge in [-0.05, 0) is 12.1 Å². The van der Waals surface area contributed by atoms with Crippen molar-refractivity contribution in [1.82, 2.24) is 5.32 Å². The first-order chi connectivity index (χ1) is 7.93. The van der Waals surface area contributed by atoms with Crippen LogP contribution in [0, 0.1) is 0 Å². The number of ether oxygens (including phenoxy) is 3. The van der Waals surface area contributed by atoms with Gasteiger partial charge in [-0.15, -0.1) is 0 Å². The molecule has 0 saturated heterocycles. The number of nitrogens with one attached hydrogen (secondary N) is 1. The third-order valence-electron chi connectivity index (χ3n) is 2.13. The minimum Gasteiger partial charge on any atom is -0.447 e. The number of hydrogen-bond acceptors (Lipinski definition) is 4. The van der Waals surface area contributed by atoms with E-state index in [4.69, 9.17) is 25.8 Å². The smallest absolute Gasteiger partial charge is 0.412 e. The van der Waals surface area contributed by atoms with Gasteiger partial charge in [0.1, 0.15) is 0 Å². The van der Waals surface area contributed by atoms with Crippen molar-refractivity contribution in [1.29, 1.82) is 0 Å². The SMILES string of the molecule is CNC(=O)Oc1ccc(Cl)c2c1OC(C)(C)O2. The van der Waals surface area contributed by atoms with Crippen molar-refractivity contribution in [2.75, 3.05) is 7.05 Å². The van der Waals surface area contributed by atoms with E-state index >= 15 is 0 Å². The lowest BCUT2D eigenvalue weighted by Gasteiger charge is -2.16. The monoisotopic (exact) mass is 257 g/mol. The van der Waals surface area contributed by atoms with Crippen LogP contribution in [-0.4, -0.2) is 18.9 Å². The van der Waals surface area contributed by atoms with Gasteiger partial charge in [-0.2, -0.15) is 0 Å². The first-order valence-electron chi connectivity index (χ1n) is 5.03. The number of amides is 1. The minimum atomic E-state index is -0.825. The molecule has 6 heteroatoms. The van der Waals surface area contributed by atoms with Crippen LogP contribution >= 0.6 is 11.6 Å². The first-order valence-corrected chi connectivity index (χ1v) is 5.41. The molecule has 1 aromatic carbocycles. The summed E-state index contributed by atoms with van der Waals surface area (Å²) in [4.78, 5) is 11.2. The Hall–Kier alpha value is -1.62. The van der Waals surface area contributed by atoms with E-state index < -0.39 is 11.9 Å². The van der Waals surface area contributed by atoms with Gasteiger partial charge >= 0.3 is 6.09 Å². The van der Waals surface area contributed by atoms with Crippen LogP contribution in [-0.2, 0) is 0 Å². The van der Waals surface area contributed by atoms with Crippen molar-refractivity contribution in [2.45, 2.75) is 19.6 Å². The average molecular weight is 258 g/mol. The van der Waals surface area contributed by atoms with Gasteiger partial charge in [-0.1, -0.05) is 11.6 Å². The Labute approximate surface area is 104 Å². The summed E-state index contributed by atoms with van der Waals surface area (Å²) in [5.41, 5.74) is 0. The molecule has 1 heterocycles. The number of fused-ring (bicyclic) bond motifs is 1. The molecule has 0 aliphatic carbocycles. The second-order valence-corrected chi connectivity index (χ2v) is 4.35. The fourth-order valence-electron chi connectivity index (χ4n) is 1.46. The summed E-state index contributed by atoms with van der Waals surface area (Å²) in [6.45, 7) is 3.49. The highest BCUT2D eigenvalue weighted by molar-refractivity contribution is 6.32. The van der Waals surface area contributed by atoms with Gasteiger partial charge in [0.15, 0.2) is 11.5 Å². The van der Waals surface area contributed by atoms with Gasteiger partial charge in [0.25, 0.3) is 0 Å². The van der Waals surface area contributed by atoms with Gasteiger partial charge in [0.05, 0.1) is 5.02 Å². The lowest BCUT2D eigenvalue weighted by molar-refractivity contribution is -0.0438. The summed E-state index contributed by atoms with van der Waals surface area (Å²) in [5.74, 6) is 0.173. The molecular weight excluding hydrogens is 246 g/mol. The van der Waals surface area contributed by atoms with E-state index in [0.29, 0.717) is 16.5 Å². The highest BCUT2D eigenvalue weighted by Gasteiger charge is 2.36. The number of rotatable bonds is 1. The standard InChI is InChI=1S/C11H12ClNO4/c1-11(2)16-8-6(12)4-5-7(9(8)17-11)15-10(14)13-3/h4-5H,1-3H3,(H,13,14). The Balaban J connectivity index is 2.38. The lowest BCUT2D eigenvalue weighted by atomic mass is 10.3. The molecule has 2 rings (SSSR count). The van der Waals surface area contributed by atoms with Crippen molar-refractivity contribution in [3.05, 3.63) is 17.2 Å². The Morgan fingerprint density at radius 2 is 2.00 bits per heavy atom. The highest BCUT2D eigenvalue weighted by atomic mass is 35.5. The van der Waals surface area contributed by atoms with Crippen molar-refractivity contribution >= 4 is 17.7 Å². The topological polar surface area (TPSA) is 56.8 Å². The van der Waals surface area contributed by atoms with Gasteiger partial charge in [0.2, 0.25) is 11.5 Å². The van der Waals surface area contributed by atoms with Crippen LogP contribution in [0.3, 0.4) is 0 Å². The molecule has 0 unspecified atom stereocenters. The Kier molecular flexibility index (Phi) is 2.79. The second kappa shape index (κ2) is 4.00. The van der Waals surface area contributed by atoms with E-state index in [0.717, 1.165) is 0 Å². The maximum absolute atomic E-state index is 11.2. The largest absolute Gasteiger partial charge is 0.447 e. The zero-order valence-corrected chi connectivity index (χ0v) is 10.4. The fourth-order valence-corrected chi connectivity index (χ4v) is 1.64. The van der Waals surface area contributed by atoms with Crippen LogP contribution in [0.5, 0.6) is 17.2 Å². The molecule has 92 valence electrons. The molecule has 0 fully saturated rings. The summed E-state index contributed by atoms with van der Waals surface area (Å²) < 4.78 is 16.1. The number of hydrogen-bond donors (Lipinski definition) is 1. The molecule has 1 aliphatic rings. The molecule has 0 bridgehead atoms. The van der Waals surface area contributed by atoms with E-state index in [2.05, 4.69) is 5.32 Å². The van der Waals surface area contributed by atoms with Crippen molar-refractivity contribution < 1.29 is 19.0 Å². The molecule has 1 amide bonds. The normalized spacial score (nSPS) is 15.5. The van der Waals surface area contributed by atoms with Crippen LogP contribution in [0.1, 0.15) is 13.8 Å². The molecule has 0 aromatic heterocycles. The minimum absolute atomic E-state index is 0.273. The molecule has 1 aliphatic heterocycles. The molecule has 0 spiro atoms. The van der Waals surface area contributed by atoms with Gasteiger partial charge < -0.3 is 19.5 Å². The molecule has 1 aromatic rings. The molecular formula is C11H12ClNO4. The van der Waals surface area contributed by atoms with Gasteiger partial charge in [-0.3, -0.25) is 0 Å². The number of carbonyl (C=O) groups is 1. The van der Waals surface area contributed by atoms with E-state index in [1.165, 1.54) is 7.05 Å². The summed E-state index contributed by atoms with van der Waals surface area (Å²) in [5, 5.41) is 2.76. The molecule has 0 saturated carbocycles. The number of benzene rings is 1.